The first-order valence-corrected chi connectivity index (χ1v) is 7.28. The highest BCUT2D eigenvalue weighted by Crippen LogP contribution is 2.27. The van der Waals surface area contributed by atoms with Crippen LogP contribution in [0.1, 0.15) is 19.4 Å². The molecule has 1 atom stereocenters. The predicted octanol–water partition coefficient (Wildman–Crippen LogP) is 1.20. The molecule has 0 radical (unpaired) electrons. The van der Waals surface area contributed by atoms with Gasteiger partial charge in [-0.1, -0.05) is 17.8 Å². The van der Waals surface area contributed by atoms with Gasteiger partial charge in [0.25, 0.3) is 5.91 Å². The van der Waals surface area contributed by atoms with Gasteiger partial charge < -0.3 is 5.32 Å². The molecule has 1 aromatic rings. The van der Waals surface area contributed by atoms with Crippen molar-refractivity contribution < 1.29 is 4.79 Å². The Morgan fingerprint density at radius 2 is 2.30 bits per heavy atom. The minimum atomic E-state index is -0.275. The number of allylic oxidation sites excluding steroid dienone is 1. The molecule has 2 aliphatic rings. The summed E-state index contributed by atoms with van der Waals surface area (Å²) in [5.41, 5.74) is 5.73. The van der Waals surface area contributed by atoms with Crippen LogP contribution in [0.4, 0.5) is 0 Å². The Balaban J connectivity index is 1.74. The van der Waals surface area contributed by atoms with Crippen molar-refractivity contribution in [2.45, 2.75) is 25.9 Å². The van der Waals surface area contributed by atoms with Crippen molar-refractivity contribution in [3.63, 3.8) is 0 Å². The van der Waals surface area contributed by atoms with Gasteiger partial charge in [0, 0.05) is 29.4 Å². The summed E-state index contributed by atoms with van der Waals surface area (Å²) < 4.78 is 0. The standard InChI is InChI=1S/C13H15N5OS/c1-8-9(2)18-12(15-11(8)19)16-17-13(18)20-7-10-4-3-5-14-6-10/h3-6,12,16H,7H2,1-2H3,(H,15,19). The molecular weight excluding hydrogens is 274 g/mol. The highest BCUT2D eigenvalue weighted by atomic mass is 32.2. The van der Waals surface area contributed by atoms with Crippen molar-refractivity contribution in [2.75, 3.05) is 0 Å². The van der Waals surface area contributed by atoms with Crippen LogP contribution in [0.15, 0.2) is 40.9 Å². The lowest BCUT2D eigenvalue weighted by atomic mass is 10.2. The number of carbonyl (C=O) groups is 1. The number of fused-ring (bicyclic) bond motifs is 1. The molecule has 1 unspecified atom stereocenters. The normalized spacial score (nSPS) is 21.3. The maximum Gasteiger partial charge on any atom is 0.251 e. The molecule has 0 spiro atoms. The molecule has 0 bridgehead atoms. The van der Waals surface area contributed by atoms with Gasteiger partial charge in [0.05, 0.1) is 0 Å². The monoisotopic (exact) mass is 289 g/mol. The van der Waals surface area contributed by atoms with E-state index in [0.29, 0.717) is 0 Å². The van der Waals surface area contributed by atoms with Gasteiger partial charge in [0.15, 0.2) is 11.5 Å². The third-order valence-corrected chi connectivity index (χ3v) is 4.37. The third kappa shape index (κ3) is 2.24. The quantitative estimate of drug-likeness (QED) is 0.856. The average molecular weight is 289 g/mol. The summed E-state index contributed by atoms with van der Waals surface area (Å²) in [5.74, 6) is 0.739. The summed E-state index contributed by atoms with van der Waals surface area (Å²) in [7, 11) is 0. The maximum atomic E-state index is 11.7. The highest BCUT2D eigenvalue weighted by molar-refractivity contribution is 8.13. The number of amidine groups is 1. The second kappa shape index (κ2) is 5.16. The van der Waals surface area contributed by atoms with Crippen LogP contribution in [0.3, 0.4) is 0 Å². The molecule has 3 rings (SSSR count). The molecule has 2 aliphatic heterocycles. The zero-order chi connectivity index (χ0) is 14.1. The van der Waals surface area contributed by atoms with E-state index >= 15 is 0 Å². The van der Waals surface area contributed by atoms with E-state index in [9.17, 15) is 4.79 Å². The minimum absolute atomic E-state index is 0.0510. The smallest absolute Gasteiger partial charge is 0.251 e. The second-order valence-corrected chi connectivity index (χ2v) is 5.57. The number of thioether (sulfide) groups is 1. The predicted molar refractivity (Wildman–Crippen MR) is 78.2 cm³/mol. The summed E-state index contributed by atoms with van der Waals surface area (Å²) in [6.45, 7) is 3.76. The third-order valence-electron chi connectivity index (χ3n) is 3.35. The molecular formula is C13H15N5OS. The van der Waals surface area contributed by atoms with Crippen LogP contribution in [0.2, 0.25) is 0 Å². The molecule has 0 saturated heterocycles. The number of rotatable bonds is 2. The summed E-state index contributed by atoms with van der Waals surface area (Å²) in [5, 5.41) is 8.02. The number of hydrazone groups is 1. The Kier molecular flexibility index (Phi) is 3.35. The van der Waals surface area contributed by atoms with E-state index in [1.165, 1.54) is 0 Å². The molecule has 2 N–H and O–H groups in total. The fourth-order valence-corrected chi connectivity index (χ4v) is 3.05. The Hall–Kier alpha value is -2.02. The van der Waals surface area contributed by atoms with Crippen LogP contribution >= 0.6 is 11.8 Å². The van der Waals surface area contributed by atoms with E-state index in [4.69, 9.17) is 0 Å². The zero-order valence-corrected chi connectivity index (χ0v) is 12.1. The van der Waals surface area contributed by atoms with Gasteiger partial charge in [-0.3, -0.25) is 20.1 Å². The van der Waals surface area contributed by atoms with Crippen LogP contribution in [0, 0.1) is 0 Å². The van der Waals surface area contributed by atoms with Crippen LogP contribution in [0.25, 0.3) is 0 Å². The van der Waals surface area contributed by atoms with Gasteiger partial charge >= 0.3 is 0 Å². The molecule has 20 heavy (non-hydrogen) atoms. The zero-order valence-electron chi connectivity index (χ0n) is 11.3. The first-order valence-electron chi connectivity index (χ1n) is 6.29. The van der Waals surface area contributed by atoms with Gasteiger partial charge in [-0.2, -0.15) is 5.10 Å². The fraction of sp³-hybridized carbons (Fsp3) is 0.308. The Bertz CT molecular complexity index is 598. The molecule has 1 aromatic heterocycles. The molecule has 0 aliphatic carbocycles. The molecule has 3 heterocycles. The SMILES string of the molecule is CC1=C(C)N2C(SCc3cccnc3)=NNC2NC1=O. The maximum absolute atomic E-state index is 11.7. The topological polar surface area (TPSA) is 69.6 Å². The Morgan fingerprint density at radius 1 is 1.45 bits per heavy atom. The lowest BCUT2D eigenvalue weighted by Crippen LogP contribution is -2.55. The number of hydrogen-bond donors (Lipinski definition) is 2. The van der Waals surface area contributed by atoms with Gasteiger partial charge in [-0.05, 0) is 25.5 Å². The molecule has 7 heteroatoms. The second-order valence-electron chi connectivity index (χ2n) is 4.63. The van der Waals surface area contributed by atoms with E-state index in [1.54, 1.807) is 18.0 Å². The van der Waals surface area contributed by atoms with E-state index in [2.05, 4.69) is 20.8 Å². The lowest BCUT2D eigenvalue weighted by Gasteiger charge is -2.33. The van der Waals surface area contributed by atoms with Crippen molar-refractivity contribution >= 4 is 22.8 Å². The molecule has 0 fully saturated rings. The average Bonchev–Trinajstić information content (AvgIpc) is 2.87. The van der Waals surface area contributed by atoms with E-state index in [1.807, 2.05) is 37.1 Å². The van der Waals surface area contributed by atoms with Crippen molar-refractivity contribution in [3.8, 4) is 0 Å². The van der Waals surface area contributed by atoms with Gasteiger partial charge in [-0.15, -0.1) is 0 Å². The fourth-order valence-electron chi connectivity index (χ4n) is 2.08. The van der Waals surface area contributed by atoms with Crippen molar-refractivity contribution in [1.29, 1.82) is 0 Å². The minimum Gasteiger partial charge on any atom is -0.313 e. The Labute approximate surface area is 121 Å². The Morgan fingerprint density at radius 3 is 3.05 bits per heavy atom. The number of nitrogens with one attached hydrogen (secondary N) is 2. The number of aromatic nitrogens is 1. The summed E-state index contributed by atoms with van der Waals surface area (Å²) in [6, 6.07) is 3.95. The molecule has 0 aromatic carbocycles. The van der Waals surface area contributed by atoms with E-state index in [-0.39, 0.29) is 12.2 Å². The number of hydrogen-bond acceptors (Lipinski definition) is 6. The van der Waals surface area contributed by atoms with E-state index in [0.717, 1.165) is 27.8 Å². The van der Waals surface area contributed by atoms with Crippen molar-refractivity contribution in [2.24, 2.45) is 5.10 Å². The van der Waals surface area contributed by atoms with Crippen LogP contribution in [-0.2, 0) is 10.5 Å². The van der Waals surface area contributed by atoms with Gasteiger partial charge in [-0.25, -0.2) is 0 Å². The van der Waals surface area contributed by atoms with Crippen molar-refractivity contribution in [1.82, 2.24) is 20.6 Å². The summed E-state index contributed by atoms with van der Waals surface area (Å²) >= 11 is 1.62. The number of nitrogens with zero attached hydrogens (tertiary/aromatic N) is 3. The first kappa shape index (κ1) is 13.0. The molecule has 1 amide bonds. The highest BCUT2D eigenvalue weighted by Gasteiger charge is 2.35. The van der Waals surface area contributed by atoms with Crippen molar-refractivity contribution in [3.05, 3.63) is 41.4 Å². The van der Waals surface area contributed by atoms with Crippen LogP contribution < -0.4 is 10.7 Å². The van der Waals surface area contributed by atoms with E-state index < -0.39 is 0 Å². The molecule has 104 valence electrons. The summed E-state index contributed by atoms with van der Waals surface area (Å²) in [4.78, 5) is 17.8. The van der Waals surface area contributed by atoms with Crippen LogP contribution in [0.5, 0.6) is 0 Å². The molecule has 6 nitrogen and oxygen atoms in total. The summed E-state index contributed by atoms with van der Waals surface area (Å²) in [6.07, 6.45) is 3.33. The lowest BCUT2D eigenvalue weighted by molar-refractivity contribution is -0.120. The number of carbonyl (C=O) groups excluding carboxylic acids is 1. The molecule has 0 saturated carbocycles. The number of pyridine rings is 1. The van der Waals surface area contributed by atoms with Gasteiger partial charge in [0.2, 0.25) is 0 Å². The first-order chi connectivity index (χ1) is 9.66. The largest absolute Gasteiger partial charge is 0.313 e. The number of amides is 1. The van der Waals surface area contributed by atoms with Crippen LogP contribution in [-0.4, -0.2) is 27.2 Å². The van der Waals surface area contributed by atoms with Gasteiger partial charge in [0.1, 0.15) is 0 Å².